The maximum Gasteiger partial charge on any atom is 0.321 e. The molecule has 0 atom stereocenters. The summed E-state index contributed by atoms with van der Waals surface area (Å²) in [5.41, 5.74) is -0.724. The smallest absolute Gasteiger partial charge is 0.321 e. The molecular formula is C23H18FN8O8+. The average Bonchev–Trinajstić information content (AvgIpc) is 2.93. The summed E-state index contributed by atoms with van der Waals surface area (Å²) in [7, 11) is 1.08. The van der Waals surface area contributed by atoms with Gasteiger partial charge in [-0.1, -0.05) is 24.3 Å². The number of nitro benzene ring substituents is 2. The fraction of sp³-hybridized carbons (Fsp3) is 0.0870. The van der Waals surface area contributed by atoms with Crippen LogP contribution >= 0.6 is 0 Å². The number of amides is 1. The first-order valence-corrected chi connectivity index (χ1v) is 11.1. The second kappa shape index (κ2) is 10.8. The highest BCUT2D eigenvalue weighted by Gasteiger charge is 2.31. The average molecular weight is 553 g/mol. The van der Waals surface area contributed by atoms with E-state index in [2.05, 4.69) is 10.2 Å². The van der Waals surface area contributed by atoms with Crippen LogP contribution in [0, 0.1) is 31.0 Å². The number of nitrogens with two attached hydrogens (primary N) is 1. The molecule has 0 radical (unpaired) electrons. The summed E-state index contributed by atoms with van der Waals surface area (Å²) in [4.78, 5) is 62.5. The number of aromatic amines is 1. The number of H-pyrrole nitrogens is 1. The van der Waals surface area contributed by atoms with Crippen molar-refractivity contribution in [3.63, 3.8) is 0 Å². The van der Waals surface area contributed by atoms with Gasteiger partial charge in [0, 0.05) is 24.9 Å². The number of nitroso groups, excluding NO2 is 1. The fourth-order valence-electron chi connectivity index (χ4n) is 3.92. The van der Waals surface area contributed by atoms with E-state index in [1.165, 1.54) is 12.1 Å². The first-order valence-electron chi connectivity index (χ1n) is 11.1. The van der Waals surface area contributed by atoms with Gasteiger partial charge in [-0.25, -0.2) is 9.49 Å². The van der Waals surface area contributed by atoms with Gasteiger partial charge in [-0.05, 0) is 23.8 Å². The van der Waals surface area contributed by atoms with Gasteiger partial charge in [-0.3, -0.25) is 29.8 Å². The van der Waals surface area contributed by atoms with E-state index < -0.39 is 60.5 Å². The lowest BCUT2D eigenvalue weighted by atomic mass is 10.0. The van der Waals surface area contributed by atoms with Gasteiger partial charge in [-0.2, -0.15) is 5.10 Å². The molecule has 0 saturated carbocycles. The molecule has 4 N–H and O–H groups in total. The molecule has 0 aliphatic carbocycles. The van der Waals surface area contributed by atoms with Crippen LogP contribution in [0.4, 0.5) is 21.5 Å². The first-order chi connectivity index (χ1) is 19.0. The quantitative estimate of drug-likeness (QED) is 0.118. The van der Waals surface area contributed by atoms with Crippen LogP contribution in [0.5, 0.6) is 5.75 Å². The molecule has 4 aromatic rings. The Kier molecular flexibility index (Phi) is 7.29. The van der Waals surface area contributed by atoms with E-state index in [4.69, 9.17) is 10.7 Å². The Bertz CT molecular complexity index is 1760. The molecule has 0 saturated heterocycles. The van der Waals surface area contributed by atoms with Crippen molar-refractivity contribution in [1.82, 2.24) is 15.8 Å². The molecule has 204 valence electrons. The molecule has 0 aliphatic rings. The first kappa shape index (κ1) is 27.0. The number of carbonyl (C=O) groups excluding carboxylic acids is 1. The van der Waals surface area contributed by atoms with E-state index in [0.29, 0.717) is 33.0 Å². The van der Waals surface area contributed by atoms with E-state index in [1.54, 1.807) is 29.9 Å². The number of fused-ring (bicyclic) bond motifs is 1. The summed E-state index contributed by atoms with van der Waals surface area (Å²) in [6.45, 7) is 0. The molecule has 0 unspecified atom stereocenters. The number of aromatic nitrogens is 2. The molecule has 1 aromatic heterocycles. The molecule has 0 fully saturated rings. The molecule has 3 aromatic carbocycles. The number of hydrogen-bond acceptors (Lipinski definition) is 9. The van der Waals surface area contributed by atoms with Crippen molar-refractivity contribution in [2.75, 3.05) is 11.9 Å². The van der Waals surface area contributed by atoms with Crippen molar-refractivity contribution in [2.24, 2.45) is 5.84 Å². The van der Waals surface area contributed by atoms with Crippen molar-refractivity contribution in [3.8, 4) is 5.75 Å². The molecule has 1 heterocycles. The molecule has 17 heteroatoms. The second-order valence-electron chi connectivity index (χ2n) is 8.24. The van der Waals surface area contributed by atoms with Crippen molar-refractivity contribution < 1.29 is 28.8 Å². The maximum atomic E-state index is 14.8. The van der Waals surface area contributed by atoms with E-state index in [-0.39, 0.29) is 6.42 Å². The van der Waals surface area contributed by atoms with Crippen molar-refractivity contribution in [1.29, 1.82) is 0 Å². The van der Waals surface area contributed by atoms with Crippen LogP contribution < -0.4 is 26.7 Å². The second-order valence-corrected chi connectivity index (χ2v) is 8.24. The van der Waals surface area contributed by atoms with Crippen LogP contribution in [-0.2, 0) is 6.42 Å². The lowest BCUT2D eigenvalue weighted by Crippen LogP contribution is -2.35. The highest BCUT2D eigenvalue weighted by molar-refractivity contribution is 6.07. The number of halogens is 1. The van der Waals surface area contributed by atoms with Gasteiger partial charge in [0.2, 0.25) is 5.75 Å². The zero-order valence-electron chi connectivity index (χ0n) is 20.4. The van der Waals surface area contributed by atoms with E-state index in [0.717, 1.165) is 19.2 Å². The zero-order valence-corrected chi connectivity index (χ0v) is 20.4. The molecule has 4 rings (SSSR count). The molecule has 1 amide bonds. The summed E-state index contributed by atoms with van der Waals surface area (Å²) < 4.78 is 14.8. The van der Waals surface area contributed by atoms with Gasteiger partial charge in [0.05, 0.1) is 37.0 Å². The fourth-order valence-corrected chi connectivity index (χ4v) is 3.92. The van der Waals surface area contributed by atoms with Crippen LogP contribution in [0.1, 0.15) is 21.6 Å². The SMILES string of the molecule is CN(C(=O)c1cc(Cc2n[nH]c(=O)c3ccccc23)ccc1F)c1cc(ON[N+](N)=O)c([N+](=O)[O-])cc1[N+](=O)[O-]. The monoisotopic (exact) mass is 553 g/mol. The Labute approximate surface area is 221 Å². The highest BCUT2D eigenvalue weighted by Crippen LogP contribution is 2.39. The number of carbonyl (C=O) groups is 1. The minimum atomic E-state index is -1.04. The minimum Gasteiger partial charge on any atom is -0.322 e. The summed E-state index contributed by atoms with van der Waals surface area (Å²) in [6.07, 6.45) is 0.0910. The van der Waals surface area contributed by atoms with Gasteiger partial charge < -0.3 is 9.74 Å². The van der Waals surface area contributed by atoms with Crippen LogP contribution in [0.15, 0.2) is 59.4 Å². The third-order valence-corrected chi connectivity index (χ3v) is 5.77. The molecule has 16 nitrogen and oxygen atoms in total. The largest absolute Gasteiger partial charge is 0.322 e. The Balaban J connectivity index is 1.74. The number of rotatable bonds is 9. The van der Waals surface area contributed by atoms with Crippen LogP contribution in [0.25, 0.3) is 10.8 Å². The summed E-state index contributed by atoms with van der Waals surface area (Å²) in [5, 5.41) is 30.5. The number of benzene rings is 3. The standard InChI is InChI=1S/C23H17FN8O8/c1-29(18-11-21(40-28-32(25)39)20(31(37)38)10-19(18)30(35)36)23(34)15-8-12(6-7-16(15)24)9-17-13-4-2-3-5-14(13)22(33)27-26-17/h2-8,10-11H,9H2,1H3,(H3-,25,27,28,33,39)/p+1. The Morgan fingerprint density at radius 2 is 1.75 bits per heavy atom. The number of nitro groups is 2. The predicted octanol–water partition coefficient (Wildman–Crippen LogP) is 2.20. The maximum absolute atomic E-state index is 14.8. The lowest BCUT2D eigenvalue weighted by Gasteiger charge is -2.19. The Morgan fingerprint density at radius 3 is 2.40 bits per heavy atom. The van der Waals surface area contributed by atoms with Crippen LogP contribution in [0.2, 0.25) is 0 Å². The highest BCUT2D eigenvalue weighted by atomic mass is 19.1. The third kappa shape index (κ3) is 5.32. The molecule has 0 spiro atoms. The van der Waals surface area contributed by atoms with Crippen LogP contribution in [-0.4, -0.2) is 38.0 Å². The van der Waals surface area contributed by atoms with E-state index >= 15 is 0 Å². The third-order valence-electron chi connectivity index (χ3n) is 5.77. The number of hydrazine groups is 2. The minimum absolute atomic E-state index is 0.0910. The van der Waals surface area contributed by atoms with Gasteiger partial charge in [0.25, 0.3) is 22.1 Å². The molecule has 0 bridgehead atoms. The predicted molar refractivity (Wildman–Crippen MR) is 136 cm³/mol. The number of hydrogen-bond donors (Lipinski definition) is 3. The molecule has 40 heavy (non-hydrogen) atoms. The van der Waals surface area contributed by atoms with E-state index in [1.807, 2.05) is 0 Å². The lowest BCUT2D eigenvalue weighted by molar-refractivity contribution is -0.659. The van der Waals surface area contributed by atoms with Gasteiger partial charge in [-0.15, -0.1) is 5.84 Å². The van der Waals surface area contributed by atoms with Crippen molar-refractivity contribution in [2.45, 2.75) is 6.42 Å². The van der Waals surface area contributed by atoms with Gasteiger partial charge in [0.15, 0.2) is 0 Å². The zero-order chi connectivity index (χ0) is 29.1. The number of nitrogens with one attached hydrogen (secondary N) is 2. The Morgan fingerprint density at radius 1 is 1.07 bits per heavy atom. The number of nitrogens with zero attached hydrogens (tertiary/aromatic N) is 5. The normalized spacial score (nSPS) is 10.7. The summed E-state index contributed by atoms with van der Waals surface area (Å²) in [6, 6.07) is 11.6. The van der Waals surface area contributed by atoms with Gasteiger partial charge >= 0.3 is 5.69 Å². The van der Waals surface area contributed by atoms with E-state index in [9.17, 15) is 39.1 Å². The van der Waals surface area contributed by atoms with Crippen molar-refractivity contribution >= 4 is 33.7 Å². The van der Waals surface area contributed by atoms with Gasteiger partial charge in [0.1, 0.15) is 17.6 Å². The Hall–Kier alpha value is -6.00. The van der Waals surface area contributed by atoms with Crippen molar-refractivity contribution in [3.05, 3.63) is 113 Å². The molecule has 0 aliphatic heterocycles. The van der Waals surface area contributed by atoms with Crippen LogP contribution in [0.3, 0.4) is 0 Å². The number of anilines is 1. The summed E-state index contributed by atoms with van der Waals surface area (Å²) in [5.74, 6) is 2.14. The summed E-state index contributed by atoms with van der Waals surface area (Å²) >= 11 is 0. The topological polar surface area (TPSA) is 220 Å². The molecular weight excluding hydrogens is 535 g/mol.